The highest BCUT2D eigenvalue weighted by molar-refractivity contribution is 7.61. The van der Waals surface area contributed by atoms with Gasteiger partial charge in [-0.15, -0.1) is 0 Å². The maximum absolute atomic E-state index is 12.9. The molecule has 1 saturated heterocycles. The molecule has 9 N–H and O–H groups in total. The number of phosphoric acid groups is 2. The van der Waals surface area contributed by atoms with Crippen molar-refractivity contribution in [3.8, 4) is 0 Å². The molecule has 73 heavy (non-hydrogen) atoms. The van der Waals surface area contributed by atoms with E-state index in [-0.39, 0.29) is 31.5 Å². The third kappa shape index (κ3) is 30.3. The minimum atomic E-state index is -5.52. The van der Waals surface area contributed by atoms with E-state index in [0.717, 1.165) is 55.7 Å². The first-order valence-electron chi connectivity index (χ1n) is 25.3. The minimum Gasteiger partial charge on any atom is -0.462 e. The predicted octanol–water partition coefficient (Wildman–Crippen LogP) is 7.02. The molecule has 0 spiro atoms. The van der Waals surface area contributed by atoms with Crippen molar-refractivity contribution in [3.05, 3.63) is 95.7 Å². The van der Waals surface area contributed by atoms with Gasteiger partial charge in [-0.05, 0) is 63.9 Å². The van der Waals surface area contributed by atoms with Crippen molar-refractivity contribution in [1.29, 1.82) is 0 Å². The first-order chi connectivity index (χ1) is 34.9. The number of aliphatic hydroxyl groups is 5. The number of hydrogen-bond donors (Lipinski definition) is 8. The van der Waals surface area contributed by atoms with E-state index in [1.165, 1.54) is 56.7 Å². The Morgan fingerprint density at radius 2 is 1.37 bits per heavy atom. The Hall–Kier alpha value is -3.92. The molecule has 0 saturated carbocycles. The number of esters is 2. The SMILES string of the molecule is CC/C=C\C[C@H](O)/C=C/C=C/C=C\C=C/[C@@H](O)[C@H](O)CCCC(=O)O[C@H](COC(=O)CCCCCCC/C=C\CCCCCCCC)COP(=O)(O)OP(=O)(O)OC[C@H]1O[C@@H](n2ccc(N)nc2=O)[C@H](O)[C@@H]1O. The number of aromatic nitrogens is 2. The van der Waals surface area contributed by atoms with Crippen LogP contribution in [0.3, 0.4) is 0 Å². The average Bonchev–Trinajstić information content (AvgIpc) is 3.62. The number of unbranched alkanes of at least 4 members (excludes halogenated alkanes) is 11. The second-order valence-corrected chi connectivity index (χ2v) is 20.5. The molecule has 0 aromatic carbocycles. The number of nitrogen functional groups attached to an aromatic ring is 1. The molecular weight excluding hydrogens is 993 g/mol. The van der Waals surface area contributed by atoms with E-state index in [1.54, 1.807) is 36.5 Å². The molecule has 1 aliphatic heterocycles. The lowest BCUT2D eigenvalue weighted by molar-refractivity contribution is -0.161. The zero-order valence-electron chi connectivity index (χ0n) is 42.2. The fourth-order valence-corrected chi connectivity index (χ4v) is 9.17. The van der Waals surface area contributed by atoms with Gasteiger partial charge in [0.15, 0.2) is 12.3 Å². The standard InChI is InChI=1S/C50H81N3O18P2/c1-3-5-7-8-9-10-11-12-13-14-15-16-17-22-26-32-45(57)66-36-40(69-46(58)33-27-31-42(56)41(55)30-25-21-19-18-20-24-29-39(54)28-23-6-4-2)37-67-72(62,63)71-73(64,65)68-38-43-47(59)48(60)49(70-43)53-35-34-44(51)52-50(53)61/h6,12-13,18-21,23-25,29-30,34-35,39-43,47-49,54-56,59-60H,3-5,7-11,14-17,22,26-28,31-33,36-38H2,1-2H3,(H,62,63)(H,64,65)(H2,51,52,61)/b13-12-,20-18+,21-19-,23-6-,29-24+,30-25-/t39-,40+,41+,42+,43+,47+,48+,49+/m0/s1. The molecule has 1 aromatic heterocycles. The van der Waals surface area contributed by atoms with Gasteiger partial charge in [-0.2, -0.15) is 9.29 Å². The van der Waals surface area contributed by atoms with Crippen LogP contribution in [-0.2, 0) is 46.3 Å². The first kappa shape index (κ1) is 65.2. The number of carbonyl (C=O) groups is 2. The molecule has 2 heterocycles. The maximum atomic E-state index is 12.9. The summed E-state index contributed by atoms with van der Waals surface area (Å²) in [4.78, 5) is 61.9. The second-order valence-electron chi connectivity index (χ2n) is 17.5. The fourth-order valence-electron chi connectivity index (χ4n) is 7.06. The van der Waals surface area contributed by atoms with E-state index >= 15 is 0 Å². The van der Waals surface area contributed by atoms with Crippen molar-refractivity contribution in [1.82, 2.24) is 9.55 Å². The summed E-state index contributed by atoms with van der Waals surface area (Å²) in [5.74, 6) is -1.67. The van der Waals surface area contributed by atoms with Crippen molar-refractivity contribution in [2.45, 2.75) is 185 Å². The van der Waals surface area contributed by atoms with E-state index in [9.17, 15) is 58.8 Å². The highest BCUT2D eigenvalue weighted by Crippen LogP contribution is 2.60. The van der Waals surface area contributed by atoms with Gasteiger partial charge in [-0.25, -0.2) is 13.9 Å². The van der Waals surface area contributed by atoms with Crippen LogP contribution in [0.2, 0.25) is 0 Å². The Morgan fingerprint density at radius 3 is 2.03 bits per heavy atom. The molecular formula is C50H81N3O18P2. The van der Waals surface area contributed by atoms with Gasteiger partial charge < -0.3 is 55.3 Å². The third-order valence-electron chi connectivity index (χ3n) is 11.1. The van der Waals surface area contributed by atoms with Gasteiger partial charge in [0, 0.05) is 19.0 Å². The van der Waals surface area contributed by atoms with E-state index in [1.807, 2.05) is 19.1 Å². The normalized spacial score (nSPS) is 20.9. The number of anilines is 1. The van der Waals surface area contributed by atoms with Gasteiger partial charge >= 0.3 is 33.3 Å². The van der Waals surface area contributed by atoms with Crippen LogP contribution in [0.4, 0.5) is 5.82 Å². The zero-order valence-corrected chi connectivity index (χ0v) is 44.0. The maximum Gasteiger partial charge on any atom is 0.481 e. The van der Waals surface area contributed by atoms with Gasteiger partial charge in [0.2, 0.25) is 0 Å². The van der Waals surface area contributed by atoms with Crippen LogP contribution < -0.4 is 11.4 Å². The van der Waals surface area contributed by atoms with Crippen LogP contribution in [0.1, 0.15) is 142 Å². The number of allylic oxidation sites excluding steroid dienone is 9. The Kier molecular flexibility index (Phi) is 33.7. The first-order valence-corrected chi connectivity index (χ1v) is 28.3. The number of hydrogen-bond acceptors (Lipinski definition) is 18. The Balaban J connectivity index is 1.91. The summed E-state index contributed by atoms with van der Waals surface area (Å²) in [6.07, 6.45) is 26.3. The average molecular weight is 1070 g/mol. The molecule has 10 atom stereocenters. The van der Waals surface area contributed by atoms with Gasteiger partial charge in [-0.1, -0.05) is 138 Å². The molecule has 0 bridgehead atoms. The van der Waals surface area contributed by atoms with Crippen LogP contribution in [0.15, 0.2) is 90.0 Å². The van der Waals surface area contributed by atoms with Crippen LogP contribution in [-0.4, -0.2) is 119 Å². The van der Waals surface area contributed by atoms with Crippen LogP contribution in [0.5, 0.6) is 0 Å². The van der Waals surface area contributed by atoms with E-state index < -0.39 is 102 Å². The fraction of sp³-hybridized carbons (Fsp3) is 0.640. The van der Waals surface area contributed by atoms with Crippen LogP contribution in [0.25, 0.3) is 0 Å². The Bertz CT molecular complexity index is 2060. The number of carbonyl (C=O) groups excluding carboxylic acids is 2. The summed E-state index contributed by atoms with van der Waals surface area (Å²) >= 11 is 0. The summed E-state index contributed by atoms with van der Waals surface area (Å²) in [5, 5.41) is 51.6. The minimum absolute atomic E-state index is 0.0240. The molecule has 2 rings (SSSR count). The third-order valence-corrected chi connectivity index (χ3v) is 13.7. The number of nitrogens with zero attached hydrogens (tertiary/aromatic N) is 2. The molecule has 2 unspecified atom stereocenters. The Labute approximate surface area is 429 Å². The second kappa shape index (κ2) is 37.8. The lowest BCUT2D eigenvalue weighted by Gasteiger charge is -2.21. The van der Waals surface area contributed by atoms with Crippen molar-refractivity contribution >= 4 is 33.4 Å². The number of aliphatic hydroxyl groups excluding tert-OH is 5. The van der Waals surface area contributed by atoms with Gasteiger partial charge in [0.05, 0.1) is 31.5 Å². The molecule has 1 aliphatic rings. The van der Waals surface area contributed by atoms with Crippen molar-refractivity contribution in [3.63, 3.8) is 0 Å². The van der Waals surface area contributed by atoms with Gasteiger partial charge in [0.1, 0.15) is 30.7 Å². The van der Waals surface area contributed by atoms with E-state index in [0.29, 0.717) is 12.8 Å². The monoisotopic (exact) mass is 1070 g/mol. The zero-order chi connectivity index (χ0) is 53.9. The molecule has 0 amide bonds. The molecule has 0 aliphatic carbocycles. The largest absolute Gasteiger partial charge is 0.481 e. The lowest BCUT2D eigenvalue weighted by Crippen LogP contribution is -2.36. The number of ether oxygens (including phenoxy) is 3. The molecule has 414 valence electrons. The summed E-state index contributed by atoms with van der Waals surface area (Å²) in [7, 11) is -11.0. The quantitative estimate of drug-likeness (QED) is 0.0108. The summed E-state index contributed by atoms with van der Waals surface area (Å²) in [6.45, 7) is 1.61. The molecule has 1 aromatic rings. The van der Waals surface area contributed by atoms with Crippen LogP contribution >= 0.6 is 15.6 Å². The smallest absolute Gasteiger partial charge is 0.462 e. The summed E-state index contributed by atoms with van der Waals surface area (Å²) in [6, 6.07) is 1.22. The number of rotatable bonds is 40. The molecule has 0 radical (unpaired) electrons. The highest BCUT2D eigenvalue weighted by Gasteiger charge is 2.46. The molecule has 1 fully saturated rings. The van der Waals surface area contributed by atoms with E-state index in [4.69, 9.17) is 29.0 Å². The number of nitrogens with two attached hydrogens (primary N) is 1. The summed E-state index contributed by atoms with van der Waals surface area (Å²) < 4.78 is 56.4. The van der Waals surface area contributed by atoms with Gasteiger partial charge in [0.25, 0.3) is 0 Å². The highest BCUT2D eigenvalue weighted by atomic mass is 31.3. The predicted molar refractivity (Wildman–Crippen MR) is 274 cm³/mol. The lowest BCUT2D eigenvalue weighted by atomic mass is 10.1. The number of phosphoric ester groups is 2. The summed E-state index contributed by atoms with van der Waals surface area (Å²) in [5.41, 5.74) is 4.55. The molecule has 21 nitrogen and oxygen atoms in total. The van der Waals surface area contributed by atoms with Crippen molar-refractivity contribution < 1.29 is 81.6 Å². The van der Waals surface area contributed by atoms with Gasteiger partial charge in [-0.3, -0.25) is 23.2 Å². The Morgan fingerprint density at radius 1 is 0.767 bits per heavy atom. The van der Waals surface area contributed by atoms with E-state index in [2.05, 4.69) is 28.4 Å². The van der Waals surface area contributed by atoms with Crippen molar-refractivity contribution in [2.75, 3.05) is 25.6 Å². The van der Waals surface area contributed by atoms with Crippen LogP contribution in [0, 0.1) is 0 Å². The van der Waals surface area contributed by atoms with Crippen molar-refractivity contribution in [2.24, 2.45) is 0 Å². The molecule has 23 heteroatoms. The topological polar surface area (TPSA) is 326 Å².